The van der Waals surface area contributed by atoms with Gasteiger partial charge < -0.3 is 19.5 Å². The number of benzene rings is 2. The van der Waals surface area contributed by atoms with Crippen molar-refractivity contribution in [1.29, 1.82) is 0 Å². The van der Waals surface area contributed by atoms with Crippen molar-refractivity contribution in [3.05, 3.63) is 77.9 Å². The minimum atomic E-state index is -0.711. The van der Waals surface area contributed by atoms with E-state index in [9.17, 15) is 14.7 Å². The minimum absolute atomic E-state index is 0.0651. The van der Waals surface area contributed by atoms with Crippen LogP contribution in [0.5, 0.6) is 11.5 Å². The number of nitrogens with zero attached hydrogens (tertiary/aromatic N) is 1. The van der Waals surface area contributed by atoms with Gasteiger partial charge in [-0.25, -0.2) is 0 Å². The molecule has 1 saturated heterocycles. The van der Waals surface area contributed by atoms with Gasteiger partial charge in [-0.05, 0) is 42.2 Å². The summed E-state index contributed by atoms with van der Waals surface area (Å²) >= 11 is 0. The van der Waals surface area contributed by atoms with Crippen LogP contribution in [-0.4, -0.2) is 41.5 Å². The van der Waals surface area contributed by atoms with Gasteiger partial charge in [-0.2, -0.15) is 0 Å². The SMILES string of the molecule is C=CCOc1cccc(C2/C(=C(/O)c3cccc(OCC(C)C)c3)C(=O)C(=O)N2CCC)c1. The summed E-state index contributed by atoms with van der Waals surface area (Å²) in [6, 6.07) is 13.5. The highest BCUT2D eigenvalue weighted by Crippen LogP contribution is 2.40. The maximum atomic E-state index is 13.1. The van der Waals surface area contributed by atoms with Gasteiger partial charge in [0, 0.05) is 12.1 Å². The van der Waals surface area contributed by atoms with E-state index in [1.807, 2.05) is 26.8 Å². The fourth-order valence-electron chi connectivity index (χ4n) is 3.78. The van der Waals surface area contributed by atoms with Crippen LogP contribution in [0.25, 0.3) is 5.76 Å². The van der Waals surface area contributed by atoms with Crippen LogP contribution in [0.4, 0.5) is 0 Å². The monoisotopic (exact) mass is 449 g/mol. The Kier molecular flexibility index (Phi) is 7.93. The van der Waals surface area contributed by atoms with E-state index in [0.29, 0.717) is 54.7 Å². The van der Waals surface area contributed by atoms with Crippen LogP contribution in [0.3, 0.4) is 0 Å². The molecule has 1 amide bonds. The number of hydrogen-bond donors (Lipinski definition) is 1. The van der Waals surface area contributed by atoms with Crippen molar-refractivity contribution in [3.63, 3.8) is 0 Å². The third-order valence-corrected chi connectivity index (χ3v) is 5.24. The number of hydrogen-bond acceptors (Lipinski definition) is 5. The molecule has 1 aliphatic rings. The Labute approximate surface area is 195 Å². The first kappa shape index (κ1) is 24.1. The standard InChI is InChI=1S/C27H31NO5/c1-5-13-28-24(19-9-7-11-21(15-19)32-14-6-2)23(26(30)27(28)31)25(29)20-10-8-12-22(16-20)33-17-18(3)4/h6-12,15-16,18,24,29H,2,5,13-14,17H2,1,3-4H3/b25-23-. The lowest BCUT2D eigenvalue weighted by Crippen LogP contribution is -2.30. The van der Waals surface area contributed by atoms with Crippen molar-refractivity contribution in [2.45, 2.75) is 33.2 Å². The van der Waals surface area contributed by atoms with Gasteiger partial charge in [0.05, 0.1) is 18.2 Å². The van der Waals surface area contributed by atoms with Crippen LogP contribution in [0, 0.1) is 5.92 Å². The van der Waals surface area contributed by atoms with E-state index in [2.05, 4.69) is 6.58 Å². The molecule has 1 unspecified atom stereocenters. The Morgan fingerprint density at radius 2 is 1.82 bits per heavy atom. The Balaban J connectivity index is 2.08. The van der Waals surface area contributed by atoms with Crippen molar-refractivity contribution in [3.8, 4) is 11.5 Å². The van der Waals surface area contributed by atoms with Crippen molar-refractivity contribution >= 4 is 17.4 Å². The van der Waals surface area contributed by atoms with Gasteiger partial charge in [-0.15, -0.1) is 0 Å². The molecular formula is C27H31NO5. The lowest BCUT2D eigenvalue weighted by atomic mass is 9.95. The molecule has 1 N–H and O–H groups in total. The Morgan fingerprint density at radius 3 is 2.48 bits per heavy atom. The molecule has 6 nitrogen and oxygen atoms in total. The largest absolute Gasteiger partial charge is 0.507 e. The molecule has 0 aromatic heterocycles. The predicted octanol–water partition coefficient (Wildman–Crippen LogP) is 5.12. The second-order valence-electron chi connectivity index (χ2n) is 8.40. The molecule has 3 rings (SSSR count). The molecule has 0 saturated carbocycles. The molecule has 0 bridgehead atoms. The van der Waals surface area contributed by atoms with Gasteiger partial charge >= 0.3 is 0 Å². The number of Topliss-reactive ketones (excluding diaryl/α,β-unsaturated/α-hetero) is 1. The van der Waals surface area contributed by atoms with E-state index >= 15 is 0 Å². The number of likely N-dealkylation sites (tertiary alicyclic amines) is 1. The Morgan fingerprint density at radius 1 is 1.12 bits per heavy atom. The average Bonchev–Trinajstić information content (AvgIpc) is 3.06. The highest BCUT2D eigenvalue weighted by molar-refractivity contribution is 6.46. The van der Waals surface area contributed by atoms with Gasteiger partial charge in [-0.1, -0.05) is 57.7 Å². The zero-order chi connectivity index (χ0) is 24.0. The Hall–Kier alpha value is -3.54. The first-order chi connectivity index (χ1) is 15.9. The number of ether oxygens (including phenoxy) is 2. The fourth-order valence-corrected chi connectivity index (χ4v) is 3.78. The van der Waals surface area contributed by atoms with Crippen molar-refractivity contribution < 1.29 is 24.2 Å². The van der Waals surface area contributed by atoms with E-state index in [-0.39, 0.29) is 11.3 Å². The quantitative estimate of drug-likeness (QED) is 0.236. The second kappa shape index (κ2) is 10.9. The lowest BCUT2D eigenvalue weighted by Gasteiger charge is -2.25. The minimum Gasteiger partial charge on any atom is -0.507 e. The number of aliphatic hydroxyl groups is 1. The fraction of sp³-hybridized carbons (Fsp3) is 0.333. The number of ketones is 1. The van der Waals surface area contributed by atoms with Crippen molar-refractivity contribution in [2.75, 3.05) is 19.8 Å². The summed E-state index contributed by atoms with van der Waals surface area (Å²) < 4.78 is 11.4. The van der Waals surface area contributed by atoms with Crippen LogP contribution in [0.2, 0.25) is 0 Å². The molecule has 33 heavy (non-hydrogen) atoms. The number of amides is 1. The molecule has 0 radical (unpaired) electrons. The van der Waals surface area contributed by atoms with Gasteiger partial charge in [0.1, 0.15) is 23.9 Å². The normalized spacial score (nSPS) is 17.5. The summed E-state index contributed by atoms with van der Waals surface area (Å²) in [5.41, 5.74) is 1.18. The zero-order valence-corrected chi connectivity index (χ0v) is 19.4. The smallest absolute Gasteiger partial charge is 0.295 e. The highest BCUT2D eigenvalue weighted by Gasteiger charge is 2.45. The topological polar surface area (TPSA) is 76.1 Å². The predicted molar refractivity (Wildman–Crippen MR) is 128 cm³/mol. The van der Waals surface area contributed by atoms with Gasteiger partial charge in [0.15, 0.2) is 0 Å². The van der Waals surface area contributed by atoms with Crippen molar-refractivity contribution in [2.24, 2.45) is 5.92 Å². The number of carbonyl (C=O) groups is 2. The third-order valence-electron chi connectivity index (χ3n) is 5.24. The molecule has 1 atom stereocenters. The first-order valence-electron chi connectivity index (χ1n) is 11.2. The highest BCUT2D eigenvalue weighted by atomic mass is 16.5. The third kappa shape index (κ3) is 5.45. The molecule has 1 heterocycles. The van der Waals surface area contributed by atoms with Gasteiger partial charge in [-0.3, -0.25) is 9.59 Å². The molecule has 2 aromatic rings. The average molecular weight is 450 g/mol. The number of aliphatic hydroxyl groups excluding tert-OH is 1. The molecular weight excluding hydrogens is 418 g/mol. The molecule has 6 heteroatoms. The summed E-state index contributed by atoms with van der Waals surface area (Å²) in [4.78, 5) is 27.5. The van der Waals surface area contributed by atoms with Gasteiger partial charge in [0.2, 0.25) is 0 Å². The summed E-state index contributed by atoms with van der Waals surface area (Å²) in [5, 5.41) is 11.2. The van der Waals surface area contributed by atoms with E-state index < -0.39 is 17.7 Å². The summed E-state index contributed by atoms with van der Waals surface area (Å²) in [6.45, 7) is 10.9. The van der Waals surface area contributed by atoms with Crippen LogP contribution in [0.1, 0.15) is 44.4 Å². The van der Waals surface area contributed by atoms with E-state index in [4.69, 9.17) is 9.47 Å². The zero-order valence-electron chi connectivity index (χ0n) is 19.4. The van der Waals surface area contributed by atoms with Crippen molar-refractivity contribution in [1.82, 2.24) is 4.90 Å². The molecule has 1 fully saturated rings. The molecule has 2 aromatic carbocycles. The van der Waals surface area contributed by atoms with Crippen LogP contribution in [-0.2, 0) is 9.59 Å². The summed E-state index contributed by atoms with van der Waals surface area (Å²) in [6.07, 6.45) is 2.32. The van der Waals surface area contributed by atoms with E-state index in [0.717, 1.165) is 0 Å². The van der Waals surface area contributed by atoms with Crippen LogP contribution in [0.15, 0.2) is 66.8 Å². The maximum absolute atomic E-state index is 13.1. The lowest BCUT2D eigenvalue weighted by molar-refractivity contribution is -0.139. The first-order valence-corrected chi connectivity index (χ1v) is 11.2. The molecule has 0 spiro atoms. The van der Waals surface area contributed by atoms with Crippen LogP contribution >= 0.6 is 0 Å². The summed E-state index contributed by atoms with van der Waals surface area (Å²) in [5.74, 6) is -0.00284. The van der Waals surface area contributed by atoms with E-state index in [1.165, 1.54) is 4.90 Å². The number of rotatable bonds is 10. The second-order valence-corrected chi connectivity index (χ2v) is 8.40. The molecule has 174 valence electrons. The molecule has 1 aliphatic heterocycles. The van der Waals surface area contributed by atoms with Gasteiger partial charge in [0.25, 0.3) is 11.7 Å². The van der Waals surface area contributed by atoms with E-state index in [1.54, 1.807) is 48.5 Å². The Bertz CT molecular complexity index is 1060. The van der Waals surface area contributed by atoms with Crippen LogP contribution < -0.4 is 9.47 Å². The number of carbonyl (C=O) groups excluding carboxylic acids is 2. The maximum Gasteiger partial charge on any atom is 0.295 e. The molecule has 0 aliphatic carbocycles. The summed E-state index contributed by atoms with van der Waals surface area (Å²) in [7, 11) is 0.